The maximum Gasteiger partial charge on any atom is 0.411 e. The summed E-state index contributed by atoms with van der Waals surface area (Å²) in [7, 11) is 3.45. The minimum atomic E-state index is -4.27. The van der Waals surface area contributed by atoms with Crippen LogP contribution in [-0.2, 0) is 11.8 Å². The molecule has 0 bridgehead atoms. The number of nitrogens with one attached hydrogen (secondary N) is 1. The maximum absolute atomic E-state index is 11.8. The number of nitrogens with zero attached hydrogens (tertiary/aromatic N) is 3. The number of hydrogen-bond donors (Lipinski definition) is 1. The maximum atomic E-state index is 11.8. The lowest BCUT2D eigenvalue weighted by molar-refractivity contribution is -0.174. The quantitative estimate of drug-likeness (QED) is 0.769. The van der Waals surface area contributed by atoms with E-state index in [2.05, 4.69) is 20.4 Å². The Kier molecular flexibility index (Phi) is 4.88. The van der Waals surface area contributed by atoms with E-state index in [1.165, 1.54) is 0 Å². The highest BCUT2D eigenvalue weighted by atomic mass is 19.4. The molecule has 0 amide bonds. The summed E-state index contributed by atoms with van der Waals surface area (Å²) >= 11 is 0. The van der Waals surface area contributed by atoms with Crippen LogP contribution in [0.15, 0.2) is 6.20 Å². The molecule has 0 fully saturated rings. The minimum Gasteiger partial charge on any atom is -0.372 e. The zero-order chi connectivity index (χ0) is 12.9. The fraction of sp³-hybridized carbons (Fsp3) is 0.778. The molecule has 0 spiro atoms. The molecule has 1 aromatic rings. The van der Waals surface area contributed by atoms with Crippen LogP contribution in [0.2, 0.25) is 0 Å². The average Bonchev–Trinajstić information content (AvgIpc) is 2.63. The molecule has 0 saturated carbocycles. The van der Waals surface area contributed by atoms with Gasteiger partial charge in [0.25, 0.3) is 0 Å². The van der Waals surface area contributed by atoms with Gasteiger partial charge in [-0.3, -0.25) is 4.68 Å². The Hall–Kier alpha value is -1.15. The van der Waals surface area contributed by atoms with Crippen LogP contribution in [0.4, 0.5) is 13.2 Å². The van der Waals surface area contributed by atoms with Gasteiger partial charge in [0.05, 0.1) is 17.9 Å². The van der Waals surface area contributed by atoms with E-state index in [9.17, 15) is 13.2 Å². The lowest BCUT2D eigenvalue weighted by atomic mass is 10.1. The van der Waals surface area contributed by atoms with Crippen LogP contribution in [0.5, 0.6) is 0 Å². The molecule has 1 heterocycles. The summed E-state index contributed by atoms with van der Waals surface area (Å²) < 4.78 is 41.6. The van der Waals surface area contributed by atoms with Gasteiger partial charge in [-0.2, -0.15) is 13.2 Å². The van der Waals surface area contributed by atoms with Gasteiger partial charge >= 0.3 is 6.18 Å². The molecule has 1 N–H and O–H groups in total. The molecule has 8 heteroatoms. The van der Waals surface area contributed by atoms with Crippen LogP contribution < -0.4 is 5.32 Å². The minimum absolute atomic E-state index is 0.0240. The molecule has 0 aromatic carbocycles. The van der Waals surface area contributed by atoms with Gasteiger partial charge in [-0.05, 0) is 13.5 Å². The molecule has 1 aromatic heterocycles. The summed E-state index contributed by atoms with van der Waals surface area (Å²) in [6.45, 7) is -1.19. The molecule has 1 unspecified atom stereocenters. The van der Waals surface area contributed by atoms with E-state index < -0.39 is 12.8 Å². The molecule has 5 nitrogen and oxygen atoms in total. The first kappa shape index (κ1) is 13.9. The van der Waals surface area contributed by atoms with Crippen LogP contribution in [-0.4, -0.2) is 41.4 Å². The fourth-order valence-corrected chi connectivity index (χ4v) is 1.44. The number of rotatable bonds is 6. The third-order valence-corrected chi connectivity index (χ3v) is 2.27. The van der Waals surface area contributed by atoms with Crippen molar-refractivity contribution in [1.29, 1.82) is 0 Å². The zero-order valence-corrected chi connectivity index (χ0v) is 9.66. The second kappa shape index (κ2) is 5.97. The monoisotopic (exact) mass is 252 g/mol. The molecule has 0 radical (unpaired) electrons. The van der Waals surface area contributed by atoms with Crippen molar-refractivity contribution in [2.24, 2.45) is 7.05 Å². The van der Waals surface area contributed by atoms with E-state index in [0.717, 1.165) is 5.69 Å². The van der Waals surface area contributed by atoms with Crippen LogP contribution in [0.3, 0.4) is 0 Å². The molecule has 17 heavy (non-hydrogen) atoms. The van der Waals surface area contributed by atoms with Crippen LogP contribution in [0, 0.1) is 0 Å². The van der Waals surface area contributed by atoms with E-state index in [1.807, 2.05) is 0 Å². The smallest absolute Gasteiger partial charge is 0.372 e. The predicted octanol–water partition coefficient (Wildman–Crippen LogP) is 1.04. The first-order chi connectivity index (χ1) is 7.94. The number of hydrogen-bond acceptors (Lipinski definition) is 4. The van der Waals surface area contributed by atoms with Crippen molar-refractivity contribution in [2.45, 2.75) is 18.6 Å². The van der Waals surface area contributed by atoms with Gasteiger partial charge in [0.2, 0.25) is 0 Å². The van der Waals surface area contributed by atoms with Gasteiger partial charge in [0, 0.05) is 13.7 Å². The number of halogens is 3. The third-order valence-electron chi connectivity index (χ3n) is 2.27. The Morgan fingerprint density at radius 2 is 2.24 bits per heavy atom. The largest absolute Gasteiger partial charge is 0.411 e. The molecular weight excluding hydrogens is 237 g/mol. The Balaban J connectivity index is 2.37. The van der Waals surface area contributed by atoms with E-state index in [1.54, 1.807) is 25.0 Å². The molecule has 0 aliphatic heterocycles. The second-order valence-electron chi connectivity index (χ2n) is 3.58. The number of ether oxygens (including phenoxy) is 1. The van der Waals surface area contributed by atoms with Crippen molar-refractivity contribution in [1.82, 2.24) is 20.3 Å². The summed E-state index contributed by atoms with van der Waals surface area (Å²) in [4.78, 5) is 0. The first-order valence-corrected chi connectivity index (χ1v) is 5.10. The van der Waals surface area contributed by atoms with E-state index >= 15 is 0 Å². The lowest BCUT2D eigenvalue weighted by Gasteiger charge is -2.16. The average molecular weight is 252 g/mol. The standard InChI is InChI=1S/C9H15F3N4O/c1-13-7(8-5-14-15-16(8)2)3-4-17-6-9(10,11)12/h5,7,13H,3-4,6H2,1-2H3. The highest BCUT2D eigenvalue weighted by Crippen LogP contribution is 2.17. The van der Waals surface area contributed by atoms with Crippen molar-refractivity contribution >= 4 is 0 Å². The van der Waals surface area contributed by atoms with Crippen LogP contribution in [0.25, 0.3) is 0 Å². The van der Waals surface area contributed by atoms with Crippen LogP contribution in [0.1, 0.15) is 18.2 Å². The highest BCUT2D eigenvalue weighted by Gasteiger charge is 2.27. The summed E-state index contributed by atoms with van der Waals surface area (Å²) in [5, 5.41) is 10.4. The number of aryl methyl sites for hydroxylation is 1. The predicted molar refractivity (Wildman–Crippen MR) is 54.3 cm³/mol. The van der Waals surface area contributed by atoms with Crippen molar-refractivity contribution in [3.8, 4) is 0 Å². The number of aromatic nitrogens is 3. The van der Waals surface area contributed by atoms with E-state index in [0.29, 0.717) is 6.42 Å². The van der Waals surface area contributed by atoms with Gasteiger partial charge in [-0.1, -0.05) is 5.21 Å². The van der Waals surface area contributed by atoms with Gasteiger partial charge in [0.1, 0.15) is 6.61 Å². The normalized spacial score (nSPS) is 13.9. The summed E-state index contributed by atoms with van der Waals surface area (Å²) in [5.74, 6) is 0. The molecule has 0 saturated heterocycles. The molecule has 98 valence electrons. The first-order valence-electron chi connectivity index (χ1n) is 5.10. The van der Waals surface area contributed by atoms with Crippen molar-refractivity contribution < 1.29 is 17.9 Å². The highest BCUT2D eigenvalue weighted by molar-refractivity contribution is 5.01. The zero-order valence-electron chi connectivity index (χ0n) is 9.66. The Morgan fingerprint density at radius 3 is 2.71 bits per heavy atom. The topological polar surface area (TPSA) is 52.0 Å². The lowest BCUT2D eigenvalue weighted by Crippen LogP contribution is -2.23. The van der Waals surface area contributed by atoms with E-state index in [-0.39, 0.29) is 12.6 Å². The van der Waals surface area contributed by atoms with Gasteiger partial charge in [-0.15, -0.1) is 5.10 Å². The van der Waals surface area contributed by atoms with Gasteiger partial charge < -0.3 is 10.1 Å². The molecule has 0 aliphatic carbocycles. The van der Waals surface area contributed by atoms with Crippen molar-refractivity contribution in [2.75, 3.05) is 20.3 Å². The fourth-order valence-electron chi connectivity index (χ4n) is 1.44. The molecule has 1 atom stereocenters. The van der Waals surface area contributed by atoms with Crippen LogP contribution >= 0.6 is 0 Å². The Morgan fingerprint density at radius 1 is 1.53 bits per heavy atom. The molecular formula is C9H15F3N4O. The Labute approximate surface area is 96.9 Å². The second-order valence-corrected chi connectivity index (χ2v) is 3.58. The summed E-state index contributed by atoms with van der Waals surface area (Å²) in [5.41, 5.74) is 0.808. The van der Waals surface area contributed by atoms with Gasteiger partial charge in [0.15, 0.2) is 0 Å². The SMILES string of the molecule is CNC(CCOCC(F)(F)F)c1cnnn1C. The number of alkyl halides is 3. The Bertz CT molecular complexity index is 339. The van der Waals surface area contributed by atoms with Gasteiger partial charge in [-0.25, -0.2) is 0 Å². The molecule has 0 aliphatic rings. The van der Waals surface area contributed by atoms with E-state index in [4.69, 9.17) is 0 Å². The molecule has 1 rings (SSSR count). The van der Waals surface area contributed by atoms with Crippen molar-refractivity contribution in [3.05, 3.63) is 11.9 Å². The summed E-state index contributed by atoms with van der Waals surface area (Å²) in [6, 6.07) is -0.122. The van der Waals surface area contributed by atoms with Crippen molar-refractivity contribution in [3.63, 3.8) is 0 Å². The summed E-state index contributed by atoms with van der Waals surface area (Å²) in [6.07, 6.45) is -2.28. The third kappa shape index (κ3) is 4.70.